The van der Waals surface area contributed by atoms with Gasteiger partial charge in [0.25, 0.3) is 0 Å². The fourth-order valence-corrected chi connectivity index (χ4v) is 2.39. The Kier molecular flexibility index (Phi) is 14.2. The number of rotatable bonds is 15. The Hall–Kier alpha value is -0.200. The van der Waals surface area contributed by atoms with Crippen molar-refractivity contribution in [3.63, 3.8) is 0 Å². The lowest BCUT2D eigenvalue weighted by atomic mass is 10.1. The first-order chi connectivity index (χ1) is 10.9. The van der Waals surface area contributed by atoms with Crippen LogP contribution in [0, 0.1) is 0 Å². The molecule has 0 radical (unpaired) electrons. The summed E-state index contributed by atoms with van der Waals surface area (Å²) in [6.45, 7) is 4.10. The van der Waals surface area contributed by atoms with Gasteiger partial charge in [0.1, 0.15) is 6.79 Å². The van der Waals surface area contributed by atoms with Crippen molar-refractivity contribution in [1.82, 2.24) is 0 Å². The van der Waals surface area contributed by atoms with Crippen molar-refractivity contribution in [2.24, 2.45) is 0 Å². The Balaban J connectivity index is 1.68. The molecule has 1 saturated heterocycles. The van der Waals surface area contributed by atoms with Gasteiger partial charge in [-0.15, -0.1) is 0 Å². The Bertz CT molecular complexity index is 219. The highest BCUT2D eigenvalue weighted by atomic mass is 16.7. The third-order valence-electron chi connectivity index (χ3n) is 3.72. The van der Waals surface area contributed by atoms with E-state index in [1.54, 1.807) is 7.11 Å². The average Bonchev–Trinajstić information content (AvgIpc) is 2.56. The minimum Gasteiger partial charge on any atom is -0.382 e. The van der Waals surface area contributed by atoms with E-state index in [-0.39, 0.29) is 6.29 Å². The Morgan fingerprint density at radius 1 is 0.818 bits per heavy atom. The van der Waals surface area contributed by atoms with E-state index in [4.69, 9.17) is 23.7 Å². The maximum Gasteiger partial charge on any atom is 0.157 e. The molecule has 0 aliphatic carbocycles. The average molecular weight is 318 g/mol. The smallest absolute Gasteiger partial charge is 0.157 e. The standard InChI is InChI=1S/C17H34O5/c1-18-14-15-20-16-19-11-7-4-2-3-5-8-12-21-17-10-6-9-13-22-17/h17H,2-16H2,1H3. The summed E-state index contributed by atoms with van der Waals surface area (Å²) in [5.41, 5.74) is 0. The zero-order chi connectivity index (χ0) is 15.7. The predicted octanol–water partition coefficient (Wildman–Crippen LogP) is 3.51. The first kappa shape index (κ1) is 19.8. The van der Waals surface area contributed by atoms with Gasteiger partial charge in [0.05, 0.1) is 13.2 Å². The van der Waals surface area contributed by atoms with Gasteiger partial charge in [-0.05, 0) is 32.1 Å². The van der Waals surface area contributed by atoms with Gasteiger partial charge in [-0.1, -0.05) is 25.7 Å². The van der Waals surface area contributed by atoms with E-state index < -0.39 is 0 Å². The summed E-state index contributed by atoms with van der Waals surface area (Å²) in [7, 11) is 1.67. The molecule has 22 heavy (non-hydrogen) atoms. The molecule has 5 nitrogen and oxygen atoms in total. The van der Waals surface area contributed by atoms with Crippen LogP contribution in [0.5, 0.6) is 0 Å². The lowest BCUT2D eigenvalue weighted by Crippen LogP contribution is -2.22. The molecule has 132 valence electrons. The third-order valence-corrected chi connectivity index (χ3v) is 3.72. The van der Waals surface area contributed by atoms with Crippen LogP contribution in [0.15, 0.2) is 0 Å². The van der Waals surface area contributed by atoms with E-state index >= 15 is 0 Å². The number of hydrogen-bond donors (Lipinski definition) is 0. The van der Waals surface area contributed by atoms with Crippen LogP contribution >= 0.6 is 0 Å². The summed E-state index contributed by atoms with van der Waals surface area (Å²) in [6.07, 6.45) is 10.8. The predicted molar refractivity (Wildman–Crippen MR) is 85.9 cm³/mol. The van der Waals surface area contributed by atoms with Crippen LogP contribution in [0.25, 0.3) is 0 Å². The summed E-state index contributed by atoms with van der Waals surface area (Å²) < 4.78 is 26.7. The molecule has 5 heteroatoms. The summed E-state index contributed by atoms with van der Waals surface area (Å²) in [6, 6.07) is 0. The van der Waals surface area contributed by atoms with Gasteiger partial charge in [0.2, 0.25) is 0 Å². The highest BCUT2D eigenvalue weighted by Crippen LogP contribution is 2.14. The molecule has 1 atom stereocenters. The van der Waals surface area contributed by atoms with Crippen molar-refractivity contribution < 1.29 is 23.7 Å². The number of hydrogen-bond acceptors (Lipinski definition) is 5. The van der Waals surface area contributed by atoms with Crippen LogP contribution in [0.2, 0.25) is 0 Å². The second-order valence-corrected chi connectivity index (χ2v) is 5.72. The highest BCUT2D eigenvalue weighted by molar-refractivity contribution is 4.54. The lowest BCUT2D eigenvalue weighted by Gasteiger charge is -2.22. The van der Waals surface area contributed by atoms with Gasteiger partial charge in [0.15, 0.2) is 6.29 Å². The second kappa shape index (κ2) is 15.7. The molecule has 0 aromatic heterocycles. The fraction of sp³-hybridized carbons (Fsp3) is 1.00. The van der Waals surface area contributed by atoms with Gasteiger partial charge >= 0.3 is 0 Å². The molecule has 0 bridgehead atoms. The van der Waals surface area contributed by atoms with Crippen LogP contribution < -0.4 is 0 Å². The topological polar surface area (TPSA) is 46.2 Å². The normalized spacial score (nSPS) is 18.7. The molecule has 1 unspecified atom stereocenters. The Morgan fingerprint density at radius 2 is 1.55 bits per heavy atom. The first-order valence-electron chi connectivity index (χ1n) is 8.81. The van der Waals surface area contributed by atoms with E-state index in [1.165, 1.54) is 38.5 Å². The monoisotopic (exact) mass is 318 g/mol. The maximum absolute atomic E-state index is 5.72. The molecule has 0 aromatic rings. The molecule has 0 spiro atoms. The summed E-state index contributed by atoms with van der Waals surface area (Å²) >= 11 is 0. The number of ether oxygens (including phenoxy) is 5. The molecular weight excluding hydrogens is 284 g/mol. The van der Waals surface area contributed by atoms with Gasteiger partial charge < -0.3 is 23.7 Å². The molecule has 1 aliphatic rings. The maximum atomic E-state index is 5.72. The van der Waals surface area contributed by atoms with E-state index in [0.717, 1.165) is 39.1 Å². The lowest BCUT2D eigenvalue weighted by molar-refractivity contribution is -0.162. The first-order valence-corrected chi connectivity index (χ1v) is 8.81. The number of methoxy groups -OCH3 is 1. The molecule has 1 rings (SSSR count). The highest BCUT2D eigenvalue weighted by Gasteiger charge is 2.13. The van der Waals surface area contributed by atoms with Gasteiger partial charge in [-0.2, -0.15) is 0 Å². The zero-order valence-electron chi connectivity index (χ0n) is 14.2. The quantitative estimate of drug-likeness (QED) is 0.341. The van der Waals surface area contributed by atoms with Gasteiger partial charge in [-0.25, -0.2) is 0 Å². The Morgan fingerprint density at radius 3 is 2.27 bits per heavy atom. The molecule has 1 heterocycles. The van der Waals surface area contributed by atoms with Crippen LogP contribution in [-0.2, 0) is 23.7 Å². The Labute approximate surface area is 135 Å². The van der Waals surface area contributed by atoms with Crippen LogP contribution in [0.1, 0.15) is 57.8 Å². The van der Waals surface area contributed by atoms with Crippen LogP contribution in [0.3, 0.4) is 0 Å². The van der Waals surface area contributed by atoms with E-state index in [2.05, 4.69) is 0 Å². The minimum absolute atomic E-state index is 0.0667. The van der Waals surface area contributed by atoms with Crippen molar-refractivity contribution in [3.05, 3.63) is 0 Å². The molecule has 1 fully saturated rings. The molecule has 0 aromatic carbocycles. The van der Waals surface area contributed by atoms with Crippen molar-refractivity contribution >= 4 is 0 Å². The zero-order valence-corrected chi connectivity index (χ0v) is 14.2. The van der Waals surface area contributed by atoms with E-state index in [9.17, 15) is 0 Å². The van der Waals surface area contributed by atoms with Crippen molar-refractivity contribution in [2.45, 2.75) is 64.1 Å². The van der Waals surface area contributed by atoms with E-state index in [0.29, 0.717) is 20.0 Å². The minimum atomic E-state index is 0.0667. The largest absolute Gasteiger partial charge is 0.382 e. The van der Waals surface area contributed by atoms with E-state index in [1.807, 2.05) is 0 Å². The van der Waals surface area contributed by atoms with Gasteiger partial charge in [-0.3, -0.25) is 0 Å². The third kappa shape index (κ3) is 12.4. The van der Waals surface area contributed by atoms with Crippen molar-refractivity contribution in [3.8, 4) is 0 Å². The molecule has 0 amide bonds. The summed E-state index contributed by atoms with van der Waals surface area (Å²) in [5.74, 6) is 0. The fourth-order valence-electron chi connectivity index (χ4n) is 2.39. The summed E-state index contributed by atoms with van der Waals surface area (Å²) in [4.78, 5) is 0. The SMILES string of the molecule is COCCOCOCCCCCCCCOC1CCCCO1. The number of unbranched alkanes of at least 4 members (excludes halogenated alkanes) is 5. The second-order valence-electron chi connectivity index (χ2n) is 5.72. The van der Waals surface area contributed by atoms with Crippen molar-refractivity contribution in [2.75, 3.05) is 46.9 Å². The molecular formula is C17H34O5. The van der Waals surface area contributed by atoms with Gasteiger partial charge in [0, 0.05) is 26.9 Å². The van der Waals surface area contributed by atoms with Crippen LogP contribution in [-0.4, -0.2) is 53.2 Å². The van der Waals surface area contributed by atoms with Crippen molar-refractivity contribution in [1.29, 1.82) is 0 Å². The molecule has 1 aliphatic heterocycles. The summed E-state index contributed by atoms with van der Waals surface area (Å²) in [5, 5.41) is 0. The molecule has 0 N–H and O–H groups in total. The molecule has 0 saturated carbocycles. The van der Waals surface area contributed by atoms with Crippen LogP contribution in [0.4, 0.5) is 0 Å².